The zero-order valence-corrected chi connectivity index (χ0v) is 15.5. The maximum absolute atomic E-state index is 12.6. The van der Waals surface area contributed by atoms with Crippen LogP contribution in [0.25, 0.3) is 11.3 Å². The van der Waals surface area contributed by atoms with Crippen LogP contribution in [0.1, 0.15) is 54.5 Å². The summed E-state index contributed by atoms with van der Waals surface area (Å²) in [6.45, 7) is 6.13. The minimum atomic E-state index is -0.0618. The van der Waals surface area contributed by atoms with Gasteiger partial charge in [-0.25, -0.2) is 0 Å². The minimum absolute atomic E-state index is 0.0618. The van der Waals surface area contributed by atoms with Crippen LogP contribution in [-0.4, -0.2) is 31.9 Å². The van der Waals surface area contributed by atoms with E-state index in [1.54, 1.807) is 0 Å². The summed E-state index contributed by atoms with van der Waals surface area (Å²) in [6.07, 6.45) is 5.35. The Morgan fingerprint density at radius 3 is 2.76 bits per heavy atom. The molecule has 25 heavy (non-hydrogen) atoms. The molecule has 4 unspecified atom stereocenters. The number of hydrogen-bond acceptors (Lipinski definition) is 3. The zero-order chi connectivity index (χ0) is 17.7. The Morgan fingerprint density at radius 1 is 1.36 bits per heavy atom. The van der Waals surface area contributed by atoms with Gasteiger partial charge in [-0.2, -0.15) is 10.2 Å². The molecule has 2 saturated carbocycles. The normalized spacial score (nSPS) is 26.2. The number of nitrogens with one attached hydrogen (secondary N) is 2. The highest BCUT2D eigenvalue weighted by molar-refractivity contribution is 5.93. The number of carbonyl (C=O) groups is 1. The highest BCUT2D eigenvalue weighted by Crippen LogP contribution is 2.49. The van der Waals surface area contributed by atoms with Crippen LogP contribution in [0.5, 0.6) is 0 Å². The highest BCUT2D eigenvalue weighted by atomic mass is 16.2. The van der Waals surface area contributed by atoms with E-state index in [0.717, 1.165) is 34.5 Å². The molecule has 0 saturated heterocycles. The molecule has 4 atom stereocenters. The molecule has 4 rings (SSSR count). The molecule has 2 aromatic heterocycles. The van der Waals surface area contributed by atoms with Crippen molar-refractivity contribution in [2.75, 3.05) is 0 Å². The van der Waals surface area contributed by atoms with Gasteiger partial charge in [0.25, 0.3) is 5.91 Å². The van der Waals surface area contributed by atoms with Crippen molar-refractivity contribution in [1.29, 1.82) is 0 Å². The van der Waals surface area contributed by atoms with Crippen molar-refractivity contribution in [3.63, 3.8) is 0 Å². The Balaban J connectivity index is 1.47. The third-order valence-electron chi connectivity index (χ3n) is 6.38. The Bertz CT molecular complexity index is 805. The van der Waals surface area contributed by atoms with Gasteiger partial charge in [0.1, 0.15) is 5.69 Å². The van der Waals surface area contributed by atoms with Gasteiger partial charge in [-0.3, -0.25) is 14.6 Å². The first-order valence-corrected chi connectivity index (χ1v) is 9.31. The molecule has 134 valence electrons. The van der Waals surface area contributed by atoms with Crippen molar-refractivity contribution in [3.05, 3.63) is 23.1 Å². The second-order valence-electron chi connectivity index (χ2n) is 7.94. The molecular formula is C19H27N5O. The molecule has 2 aliphatic carbocycles. The number of amides is 1. The number of H-pyrrole nitrogens is 1. The number of aromatic nitrogens is 4. The SMILES string of the molecule is Cc1nn(C)c(C)c1-c1cc(C(=O)NC(C)C2CC3CCC2C3)[nH]n1. The molecule has 2 aliphatic rings. The Morgan fingerprint density at radius 2 is 2.16 bits per heavy atom. The van der Waals surface area contributed by atoms with E-state index in [-0.39, 0.29) is 11.9 Å². The molecule has 6 heteroatoms. The van der Waals surface area contributed by atoms with Crippen molar-refractivity contribution < 1.29 is 4.79 Å². The van der Waals surface area contributed by atoms with E-state index in [2.05, 4.69) is 27.5 Å². The zero-order valence-electron chi connectivity index (χ0n) is 15.5. The lowest BCUT2D eigenvalue weighted by molar-refractivity contribution is 0.0910. The summed E-state index contributed by atoms with van der Waals surface area (Å²) < 4.78 is 1.84. The lowest BCUT2D eigenvalue weighted by atomic mass is 9.84. The third-order valence-corrected chi connectivity index (χ3v) is 6.38. The summed E-state index contributed by atoms with van der Waals surface area (Å²) in [7, 11) is 1.92. The second kappa shape index (κ2) is 6.00. The summed E-state index contributed by atoms with van der Waals surface area (Å²) in [6, 6.07) is 2.05. The lowest BCUT2D eigenvalue weighted by Gasteiger charge is -2.28. The number of fused-ring (bicyclic) bond motifs is 2. The quantitative estimate of drug-likeness (QED) is 0.897. The van der Waals surface area contributed by atoms with Crippen LogP contribution in [0, 0.1) is 31.6 Å². The molecule has 2 fully saturated rings. The van der Waals surface area contributed by atoms with Gasteiger partial charge in [0, 0.05) is 24.3 Å². The van der Waals surface area contributed by atoms with Gasteiger partial charge >= 0.3 is 0 Å². The molecule has 2 heterocycles. The molecule has 2 bridgehead atoms. The molecule has 0 spiro atoms. The van der Waals surface area contributed by atoms with Crippen molar-refractivity contribution >= 4 is 5.91 Å². The number of nitrogens with zero attached hydrogens (tertiary/aromatic N) is 3. The van der Waals surface area contributed by atoms with Crippen molar-refractivity contribution in [2.24, 2.45) is 24.8 Å². The van der Waals surface area contributed by atoms with Crippen LogP contribution in [0.3, 0.4) is 0 Å². The van der Waals surface area contributed by atoms with Crippen LogP contribution in [-0.2, 0) is 7.05 Å². The fourth-order valence-corrected chi connectivity index (χ4v) is 5.01. The monoisotopic (exact) mass is 341 g/mol. The van der Waals surface area contributed by atoms with E-state index in [1.807, 2.05) is 31.6 Å². The van der Waals surface area contributed by atoms with E-state index < -0.39 is 0 Å². The minimum Gasteiger partial charge on any atom is -0.348 e. The first-order chi connectivity index (χ1) is 11.9. The number of aryl methyl sites for hydroxylation is 2. The first kappa shape index (κ1) is 16.4. The van der Waals surface area contributed by atoms with Crippen LogP contribution in [0.4, 0.5) is 0 Å². The van der Waals surface area contributed by atoms with Crippen LogP contribution < -0.4 is 5.32 Å². The van der Waals surface area contributed by atoms with Crippen LogP contribution in [0.15, 0.2) is 6.07 Å². The summed E-state index contributed by atoms with van der Waals surface area (Å²) >= 11 is 0. The molecule has 0 aliphatic heterocycles. The van der Waals surface area contributed by atoms with Gasteiger partial charge in [-0.1, -0.05) is 6.42 Å². The van der Waals surface area contributed by atoms with Crippen molar-refractivity contribution in [3.8, 4) is 11.3 Å². The molecule has 0 radical (unpaired) electrons. The largest absolute Gasteiger partial charge is 0.348 e. The van der Waals surface area contributed by atoms with Gasteiger partial charge in [0.2, 0.25) is 0 Å². The van der Waals surface area contributed by atoms with Gasteiger partial charge < -0.3 is 5.32 Å². The van der Waals surface area contributed by atoms with E-state index in [4.69, 9.17) is 0 Å². The van der Waals surface area contributed by atoms with E-state index >= 15 is 0 Å². The molecule has 1 amide bonds. The number of carbonyl (C=O) groups excluding carboxylic acids is 1. The smallest absolute Gasteiger partial charge is 0.269 e. The average molecular weight is 341 g/mol. The summed E-state index contributed by atoms with van der Waals surface area (Å²) in [5, 5.41) is 14.9. The summed E-state index contributed by atoms with van der Waals surface area (Å²) in [4.78, 5) is 12.6. The number of hydrogen-bond donors (Lipinski definition) is 2. The summed E-state index contributed by atoms with van der Waals surface area (Å²) in [5.74, 6) is 2.27. The van der Waals surface area contributed by atoms with Crippen molar-refractivity contribution in [1.82, 2.24) is 25.3 Å². The topological polar surface area (TPSA) is 75.6 Å². The maximum atomic E-state index is 12.6. The van der Waals surface area contributed by atoms with Gasteiger partial charge in [-0.15, -0.1) is 0 Å². The van der Waals surface area contributed by atoms with Crippen LogP contribution >= 0.6 is 0 Å². The Hall–Kier alpha value is -2.11. The van der Waals surface area contributed by atoms with E-state index in [9.17, 15) is 4.79 Å². The fourth-order valence-electron chi connectivity index (χ4n) is 5.01. The highest BCUT2D eigenvalue weighted by Gasteiger charge is 2.42. The van der Waals surface area contributed by atoms with Crippen molar-refractivity contribution in [2.45, 2.75) is 52.5 Å². The number of aromatic amines is 1. The van der Waals surface area contributed by atoms with Gasteiger partial charge in [0.15, 0.2) is 0 Å². The molecule has 2 N–H and O–H groups in total. The predicted molar refractivity (Wildman–Crippen MR) is 96.1 cm³/mol. The Labute approximate surface area is 148 Å². The van der Waals surface area contributed by atoms with E-state index in [1.165, 1.54) is 25.7 Å². The molecule has 2 aromatic rings. The molecule has 0 aromatic carbocycles. The fraction of sp³-hybridized carbons (Fsp3) is 0.632. The third kappa shape index (κ3) is 2.77. The standard InChI is InChI=1S/C19H27N5O/c1-10(15-8-13-5-6-14(15)7-13)20-19(25)17-9-16(21-22-17)18-11(2)23-24(4)12(18)3/h9-10,13-15H,5-8H2,1-4H3,(H,20,25)(H,21,22). The second-order valence-corrected chi connectivity index (χ2v) is 7.94. The lowest BCUT2D eigenvalue weighted by Crippen LogP contribution is -2.40. The first-order valence-electron chi connectivity index (χ1n) is 9.31. The summed E-state index contributed by atoms with van der Waals surface area (Å²) in [5.41, 5.74) is 4.27. The molecule has 6 nitrogen and oxygen atoms in total. The number of rotatable bonds is 4. The Kier molecular flexibility index (Phi) is 3.93. The van der Waals surface area contributed by atoms with Gasteiger partial charge in [0.05, 0.1) is 11.4 Å². The molecular weight excluding hydrogens is 314 g/mol. The van der Waals surface area contributed by atoms with Gasteiger partial charge in [-0.05, 0) is 63.9 Å². The predicted octanol–water partition coefficient (Wildman–Crippen LogP) is 2.98. The van der Waals surface area contributed by atoms with E-state index in [0.29, 0.717) is 11.6 Å². The van der Waals surface area contributed by atoms with Crippen LogP contribution in [0.2, 0.25) is 0 Å². The average Bonchev–Trinajstić information content (AvgIpc) is 3.33. The maximum Gasteiger partial charge on any atom is 0.269 e.